The van der Waals surface area contributed by atoms with Gasteiger partial charge in [0, 0.05) is 24.0 Å². The molecule has 2 nitrogen and oxygen atoms in total. The summed E-state index contributed by atoms with van der Waals surface area (Å²) in [5.41, 5.74) is 5.69. The van der Waals surface area contributed by atoms with Gasteiger partial charge in [-0.1, -0.05) is 34.4 Å². The van der Waals surface area contributed by atoms with Crippen LogP contribution in [0.5, 0.6) is 0 Å². The predicted molar refractivity (Wildman–Crippen MR) is 89.7 cm³/mol. The summed E-state index contributed by atoms with van der Waals surface area (Å²) in [6.45, 7) is 7.91. The molecule has 0 amide bonds. The Labute approximate surface area is 132 Å². The zero-order chi connectivity index (χ0) is 16.3. The molecule has 0 unspecified atom stereocenters. The second kappa shape index (κ2) is 6.69. The minimum absolute atomic E-state index is 0.0320. The largest absolute Gasteiger partial charge is 0.294 e. The van der Waals surface area contributed by atoms with Crippen LogP contribution < -0.4 is 0 Å². The monoisotopic (exact) mass is 294 g/mol. The minimum Gasteiger partial charge on any atom is -0.294 e. The van der Waals surface area contributed by atoms with Crippen molar-refractivity contribution >= 4 is 11.6 Å². The van der Waals surface area contributed by atoms with E-state index in [-0.39, 0.29) is 24.4 Å². The first-order valence-electron chi connectivity index (χ1n) is 7.58. The molecule has 0 atom stereocenters. The Bertz CT molecular complexity index is 622. The van der Waals surface area contributed by atoms with Gasteiger partial charge in [-0.2, -0.15) is 0 Å². The van der Waals surface area contributed by atoms with Gasteiger partial charge in [-0.3, -0.25) is 9.59 Å². The molecule has 0 aliphatic carbocycles. The van der Waals surface area contributed by atoms with Gasteiger partial charge >= 0.3 is 0 Å². The Morgan fingerprint density at radius 3 is 1.14 bits per heavy atom. The molecule has 0 radical (unpaired) electrons. The highest BCUT2D eigenvalue weighted by molar-refractivity contribution is 6.02. The van der Waals surface area contributed by atoms with Crippen molar-refractivity contribution in [2.45, 2.75) is 40.5 Å². The fraction of sp³-hybridized carbons (Fsp3) is 0.300. The van der Waals surface area contributed by atoms with E-state index >= 15 is 0 Å². The average molecular weight is 294 g/mol. The van der Waals surface area contributed by atoms with Gasteiger partial charge < -0.3 is 0 Å². The first-order chi connectivity index (χ1) is 10.3. The topological polar surface area (TPSA) is 34.1 Å². The fourth-order valence-corrected chi connectivity index (χ4v) is 2.79. The number of carbonyl (C=O) groups is 2. The van der Waals surface area contributed by atoms with Crippen LogP contribution in [0.3, 0.4) is 0 Å². The normalized spacial score (nSPS) is 10.5. The minimum atomic E-state index is 0.0320. The summed E-state index contributed by atoms with van der Waals surface area (Å²) in [6, 6.07) is 11.6. The summed E-state index contributed by atoms with van der Waals surface area (Å²) in [5, 5.41) is 0. The van der Waals surface area contributed by atoms with Crippen LogP contribution in [-0.4, -0.2) is 11.6 Å². The van der Waals surface area contributed by atoms with Crippen molar-refractivity contribution in [3.63, 3.8) is 0 Å². The number of hydrogen-bond acceptors (Lipinski definition) is 2. The third kappa shape index (κ3) is 4.14. The zero-order valence-electron chi connectivity index (χ0n) is 13.7. The van der Waals surface area contributed by atoms with E-state index in [4.69, 9.17) is 0 Å². The first-order valence-corrected chi connectivity index (χ1v) is 7.58. The quantitative estimate of drug-likeness (QED) is 0.745. The van der Waals surface area contributed by atoms with Crippen molar-refractivity contribution in [2.24, 2.45) is 0 Å². The lowest BCUT2D eigenvalue weighted by Gasteiger charge is -2.06. The number of hydrogen-bond donors (Lipinski definition) is 0. The highest BCUT2D eigenvalue weighted by Crippen LogP contribution is 2.15. The highest BCUT2D eigenvalue weighted by atomic mass is 16.1. The average Bonchev–Trinajstić information content (AvgIpc) is 2.42. The molecule has 0 aliphatic heterocycles. The Morgan fingerprint density at radius 2 is 0.864 bits per heavy atom. The maximum absolute atomic E-state index is 12.3. The van der Waals surface area contributed by atoms with Crippen molar-refractivity contribution in [1.82, 2.24) is 0 Å². The molecule has 2 aromatic rings. The maximum Gasteiger partial charge on any atom is 0.163 e. The molecular weight excluding hydrogens is 272 g/mol. The second-order valence-corrected chi connectivity index (χ2v) is 6.10. The number of carbonyl (C=O) groups excluding carboxylic acids is 2. The molecule has 114 valence electrons. The third-order valence-corrected chi connectivity index (χ3v) is 3.67. The molecular formula is C20H22O2. The van der Waals surface area contributed by atoms with Gasteiger partial charge in [-0.25, -0.2) is 0 Å². The van der Waals surface area contributed by atoms with E-state index in [1.807, 2.05) is 64.1 Å². The molecule has 0 spiro atoms. The lowest BCUT2D eigenvalue weighted by atomic mass is 9.97. The van der Waals surface area contributed by atoms with E-state index < -0.39 is 0 Å². The van der Waals surface area contributed by atoms with Crippen LogP contribution in [-0.2, 0) is 0 Å². The molecule has 0 heterocycles. The van der Waals surface area contributed by atoms with Crippen LogP contribution in [0, 0.1) is 27.7 Å². The Kier molecular flexibility index (Phi) is 4.92. The van der Waals surface area contributed by atoms with Crippen LogP contribution in [0.25, 0.3) is 0 Å². The van der Waals surface area contributed by atoms with Crippen LogP contribution in [0.15, 0.2) is 36.4 Å². The number of ketones is 2. The smallest absolute Gasteiger partial charge is 0.163 e. The van der Waals surface area contributed by atoms with E-state index in [2.05, 4.69) is 0 Å². The van der Waals surface area contributed by atoms with E-state index in [1.165, 1.54) is 0 Å². The van der Waals surface area contributed by atoms with Crippen molar-refractivity contribution in [1.29, 1.82) is 0 Å². The zero-order valence-corrected chi connectivity index (χ0v) is 13.7. The number of rotatable bonds is 5. The molecule has 2 heteroatoms. The highest BCUT2D eigenvalue weighted by Gasteiger charge is 2.12. The Balaban J connectivity index is 2.05. The summed E-state index contributed by atoms with van der Waals surface area (Å²) >= 11 is 0. The van der Waals surface area contributed by atoms with Crippen molar-refractivity contribution in [2.75, 3.05) is 0 Å². The summed E-state index contributed by atoms with van der Waals surface area (Å²) in [4.78, 5) is 24.5. The molecule has 0 bridgehead atoms. The number of Topliss-reactive ketones (excluding diaryl/α,β-unsaturated/α-hetero) is 2. The SMILES string of the molecule is Cc1cc(C)cc(C(=O)CCC(=O)c2cc(C)cc(C)c2)c1. The summed E-state index contributed by atoms with van der Waals surface area (Å²) < 4.78 is 0. The van der Waals surface area contributed by atoms with Crippen LogP contribution in [0.4, 0.5) is 0 Å². The van der Waals surface area contributed by atoms with Gasteiger partial charge in [-0.15, -0.1) is 0 Å². The molecule has 2 rings (SSSR count). The second-order valence-electron chi connectivity index (χ2n) is 6.10. The molecule has 0 saturated heterocycles. The number of aryl methyl sites for hydroxylation is 4. The lowest BCUT2D eigenvalue weighted by molar-refractivity contribution is 0.0917. The van der Waals surface area contributed by atoms with Gasteiger partial charge in [0.15, 0.2) is 11.6 Å². The number of benzene rings is 2. The van der Waals surface area contributed by atoms with Gasteiger partial charge in [-0.05, 0) is 52.0 Å². The van der Waals surface area contributed by atoms with Gasteiger partial charge in [0.1, 0.15) is 0 Å². The summed E-state index contributed by atoms with van der Waals surface area (Å²) in [5.74, 6) is 0.0639. The molecule has 0 aliphatic rings. The fourth-order valence-electron chi connectivity index (χ4n) is 2.79. The Hall–Kier alpha value is -2.22. The third-order valence-electron chi connectivity index (χ3n) is 3.67. The van der Waals surface area contributed by atoms with Crippen molar-refractivity contribution in [3.05, 3.63) is 69.8 Å². The first kappa shape index (κ1) is 16.2. The lowest BCUT2D eigenvalue weighted by Crippen LogP contribution is -2.06. The van der Waals surface area contributed by atoms with E-state index in [1.54, 1.807) is 0 Å². The molecule has 0 aromatic heterocycles. The molecule has 0 saturated carbocycles. The van der Waals surface area contributed by atoms with Crippen molar-refractivity contribution < 1.29 is 9.59 Å². The van der Waals surface area contributed by atoms with Crippen LogP contribution in [0.2, 0.25) is 0 Å². The molecule has 0 N–H and O–H groups in total. The maximum atomic E-state index is 12.3. The molecule has 22 heavy (non-hydrogen) atoms. The Morgan fingerprint density at radius 1 is 0.591 bits per heavy atom. The van der Waals surface area contributed by atoms with Crippen LogP contribution in [0.1, 0.15) is 55.8 Å². The van der Waals surface area contributed by atoms with Gasteiger partial charge in [0.25, 0.3) is 0 Å². The van der Waals surface area contributed by atoms with Gasteiger partial charge in [0.05, 0.1) is 0 Å². The summed E-state index contributed by atoms with van der Waals surface area (Å²) in [7, 11) is 0. The summed E-state index contributed by atoms with van der Waals surface area (Å²) in [6.07, 6.45) is 0.517. The van der Waals surface area contributed by atoms with Crippen molar-refractivity contribution in [3.8, 4) is 0 Å². The van der Waals surface area contributed by atoms with E-state index in [0.29, 0.717) is 11.1 Å². The van der Waals surface area contributed by atoms with Gasteiger partial charge in [0.2, 0.25) is 0 Å². The standard InChI is InChI=1S/C20H22O2/c1-13-7-14(2)10-17(9-13)19(21)5-6-20(22)18-11-15(3)8-16(4)12-18/h7-12H,5-6H2,1-4H3. The molecule has 2 aromatic carbocycles. The predicted octanol–water partition coefficient (Wildman–Crippen LogP) is 4.77. The van der Waals surface area contributed by atoms with E-state index in [9.17, 15) is 9.59 Å². The van der Waals surface area contributed by atoms with Crippen LogP contribution >= 0.6 is 0 Å². The molecule has 0 fully saturated rings. The van der Waals surface area contributed by atoms with E-state index in [0.717, 1.165) is 22.3 Å².